The highest BCUT2D eigenvalue weighted by Gasteiger charge is 2.26. The molecule has 0 aromatic carbocycles. The molecule has 1 atom stereocenters. The summed E-state index contributed by atoms with van der Waals surface area (Å²) >= 11 is 0. The number of rotatable bonds is 9. The lowest BCUT2D eigenvalue weighted by atomic mass is 10.0. The van der Waals surface area contributed by atoms with Gasteiger partial charge in [0.05, 0.1) is 0 Å². The molecule has 118 valence electrons. The van der Waals surface area contributed by atoms with E-state index in [9.17, 15) is 9.59 Å². The molecule has 0 aromatic heterocycles. The lowest BCUT2D eigenvalue weighted by Gasteiger charge is -2.34. The van der Waals surface area contributed by atoms with E-state index in [0.29, 0.717) is 19.0 Å². The van der Waals surface area contributed by atoms with E-state index in [-0.39, 0.29) is 18.6 Å². The number of nitrogens with zero attached hydrogens (tertiary/aromatic N) is 2. The predicted octanol–water partition coefficient (Wildman–Crippen LogP) is 3.05. The highest BCUT2D eigenvalue weighted by molar-refractivity contribution is 5.80. The van der Waals surface area contributed by atoms with Crippen molar-refractivity contribution in [3.63, 3.8) is 0 Å². The molecule has 20 heavy (non-hydrogen) atoms. The summed E-state index contributed by atoms with van der Waals surface area (Å²) in [5.74, 6) is -0.486. The fraction of sp³-hybridized carbons (Fsp3) is 0.867. The molecule has 0 saturated carbocycles. The first-order chi connectivity index (χ1) is 9.40. The van der Waals surface area contributed by atoms with E-state index < -0.39 is 5.97 Å². The number of hydrogen-bond donors (Lipinski definition) is 1. The minimum Gasteiger partial charge on any atom is -0.480 e. The Labute approximate surface area is 122 Å². The third-order valence-electron chi connectivity index (χ3n) is 3.96. The van der Waals surface area contributed by atoms with E-state index in [4.69, 9.17) is 5.11 Å². The molecule has 0 saturated heterocycles. The van der Waals surface area contributed by atoms with Crippen LogP contribution in [0.15, 0.2) is 0 Å². The highest BCUT2D eigenvalue weighted by Crippen LogP contribution is 2.14. The number of carboxylic acids is 1. The topological polar surface area (TPSA) is 60.9 Å². The van der Waals surface area contributed by atoms with Crippen molar-refractivity contribution < 1.29 is 14.7 Å². The van der Waals surface area contributed by atoms with Crippen LogP contribution < -0.4 is 0 Å². The summed E-state index contributed by atoms with van der Waals surface area (Å²) in [6.07, 6.45) is 2.81. The third-order valence-corrected chi connectivity index (χ3v) is 3.96. The summed E-state index contributed by atoms with van der Waals surface area (Å²) in [6.45, 7) is 11.1. The van der Waals surface area contributed by atoms with Crippen molar-refractivity contribution in [3.05, 3.63) is 0 Å². The van der Waals surface area contributed by atoms with Crippen molar-refractivity contribution in [3.8, 4) is 0 Å². The van der Waals surface area contributed by atoms with Crippen molar-refractivity contribution in [2.45, 2.75) is 59.9 Å². The SMILES string of the molecule is CCC(CC)CN(CC)C(=O)N(CC(=O)O)C(C)CC. The van der Waals surface area contributed by atoms with Gasteiger partial charge in [0.25, 0.3) is 0 Å². The molecule has 0 aliphatic rings. The zero-order valence-corrected chi connectivity index (χ0v) is 13.6. The highest BCUT2D eigenvalue weighted by atomic mass is 16.4. The molecule has 0 aromatic rings. The molecule has 0 aliphatic heterocycles. The Hall–Kier alpha value is -1.26. The second-order valence-corrected chi connectivity index (χ2v) is 5.28. The molecule has 0 spiro atoms. The van der Waals surface area contributed by atoms with E-state index in [1.807, 2.05) is 20.8 Å². The van der Waals surface area contributed by atoms with Crippen molar-refractivity contribution in [1.82, 2.24) is 9.80 Å². The van der Waals surface area contributed by atoms with Gasteiger partial charge in [-0.25, -0.2) is 4.79 Å². The van der Waals surface area contributed by atoms with Gasteiger partial charge in [-0.2, -0.15) is 0 Å². The summed E-state index contributed by atoms with van der Waals surface area (Å²) in [7, 11) is 0. The monoisotopic (exact) mass is 286 g/mol. The Kier molecular flexibility index (Phi) is 9.01. The normalized spacial score (nSPS) is 12.3. The summed E-state index contributed by atoms with van der Waals surface area (Å²) < 4.78 is 0. The first-order valence-electron chi connectivity index (χ1n) is 7.68. The average Bonchev–Trinajstić information content (AvgIpc) is 2.44. The van der Waals surface area contributed by atoms with Crippen LogP contribution in [0.4, 0.5) is 4.79 Å². The zero-order valence-electron chi connectivity index (χ0n) is 13.6. The Bertz CT molecular complexity index is 303. The lowest BCUT2D eigenvalue weighted by molar-refractivity contribution is -0.138. The number of carbonyl (C=O) groups is 2. The minimum absolute atomic E-state index is 0.0608. The fourth-order valence-electron chi connectivity index (χ4n) is 2.16. The predicted molar refractivity (Wildman–Crippen MR) is 80.8 cm³/mol. The Balaban J connectivity index is 4.93. The number of urea groups is 1. The van der Waals surface area contributed by atoms with Gasteiger partial charge in [0, 0.05) is 19.1 Å². The Morgan fingerprint density at radius 1 is 1.05 bits per heavy atom. The van der Waals surface area contributed by atoms with Gasteiger partial charge in [-0.1, -0.05) is 33.6 Å². The van der Waals surface area contributed by atoms with Gasteiger partial charge >= 0.3 is 12.0 Å². The van der Waals surface area contributed by atoms with E-state index in [0.717, 1.165) is 19.3 Å². The molecular formula is C15H30N2O3. The van der Waals surface area contributed by atoms with E-state index >= 15 is 0 Å². The van der Waals surface area contributed by atoms with Crippen molar-refractivity contribution in [1.29, 1.82) is 0 Å². The van der Waals surface area contributed by atoms with Crippen LogP contribution in [0.2, 0.25) is 0 Å². The van der Waals surface area contributed by atoms with Crippen LogP contribution in [-0.2, 0) is 4.79 Å². The third kappa shape index (κ3) is 5.80. The summed E-state index contributed by atoms with van der Waals surface area (Å²) in [6, 6.07) is -0.217. The maximum Gasteiger partial charge on any atom is 0.323 e. The molecule has 5 heteroatoms. The molecular weight excluding hydrogens is 256 g/mol. The molecule has 5 nitrogen and oxygen atoms in total. The molecule has 0 radical (unpaired) electrons. The maximum atomic E-state index is 12.6. The van der Waals surface area contributed by atoms with E-state index in [2.05, 4.69) is 13.8 Å². The first kappa shape index (κ1) is 18.7. The minimum atomic E-state index is -0.961. The van der Waals surface area contributed by atoms with Gasteiger partial charge in [0.2, 0.25) is 0 Å². The molecule has 0 rings (SSSR count). The number of carboxylic acid groups (broad SMARTS) is 1. The van der Waals surface area contributed by atoms with Gasteiger partial charge in [0.15, 0.2) is 0 Å². The molecule has 0 heterocycles. The second-order valence-electron chi connectivity index (χ2n) is 5.28. The maximum absolute atomic E-state index is 12.6. The van der Waals surface area contributed by atoms with Gasteiger partial charge in [0.1, 0.15) is 6.54 Å². The number of hydrogen-bond acceptors (Lipinski definition) is 2. The lowest BCUT2D eigenvalue weighted by Crippen LogP contribution is -2.50. The van der Waals surface area contributed by atoms with Crippen molar-refractivity contribution in [2.75, 3.05) is 19.6 Å². The second kappa shape index (κ2) is 9.61. The van der Waals surface area contributed by atoms with Crippen molar-refractivity contribution in [2.24, 2.45) is 5.92 Å². The summed E-state index contributed by atoms with van der Waals surface area (Å²) in [5.41, 5.74) is 0. The fourth-order valence-corrected chi connectivity index (χ4v) is 2.16. The van der Waals surface area contributed by atoms with Gasteiger partial charge in [-0.3, -0.25) is 4.79 Å². The van der Waals surface area contributed by atoms with Crippen molar-refractivity contribution >= 4 is 12.0 Å². The molecule has 1 N–H and O–H groups in total. The van der Waals surface area contributed by atoms with Crippen LogP contribution in [0.3, 0.4) is 0 Å². The summed E-state index contributed by atoms with van der Waals surface area (Å²) in [4.78, 5) is 26.8. The molecule has 1 unspecified atom stereocenters. The zero-order chi connectivity index (χ0) is 15.7. The number of aliphatic carboxylic acids is 1. The molecule has 2 amide bonds. The van der Waals surface area contributed by atoms with Gasteiger partial charge < -0.3 is 14.9 Å². The Morgan fingerprint density at radius 3 is 1.95 bits per heavy atom. The van der Waals surface area contributed by atoms with Crippen LogP contribution >= 0.6 is 0 Å². The average molecular weight is 286 g/mol. The van der Waals surface area contributed by atoms with Crippen LogP contribution in [0.25, 0.3) is 0 Å². The van der Waals surface area contributed by atoms with E-state index in [1.54, 1.807) is 4.90 Å². The largest absolute Gasteiger partial charge is 0.480 e. The first-order valence-corrected chi connectivity index (χ1v) is 7.68. The number of amides is 2. The smallest absolute Gasteiger partial charge is 0.323 e. The van der Waals surface area contributed by atoms with Gasteiger partial charge in [-0.15, -0.1) is 0 Å². The quantitative estimate of drug-likeness (QED) is 0.708. The molecule has 0 aliphatic carbocycles. The number of carbonyl (C=O) groups excluding carboxylic acids is 1. The summed E-state index contributed by atoms with van der Waals surface area (Å²) in [5, 5.41) is 8.99. The van der Waals surface area contributed by atoms with Crippen LogP contribution in [0.5, 0.6) is 0 Å². The van der Waals surface area contributed by atoms with Gasteiger partial charge in [-0.05, 0) is 26.2 Å². The molecule has 0 fully saturated rings. The van der Waals surface area contributed by atoms with E-state index in [1.165, 1.54) is 4.90 Å². The molecule has 0 bridgehead atoms. The Morgan fingerprint density at radius 2 is 1.60 bits per heavy atom. The van der Waals surface area contributed by atoms with Crippen LogP contribution in [0.1, 0.15) is 53.9 Å². The van der Waals surface area contributed by atoms with Crippen LogP contribution in [0, 0.1) is 5.92 Å². The standard InChI is InChI=1S/C15H30N2O3/c1-6-12(5)17(11-14(18)19)15(20)16(9-4)10-13(7-2)8-3/h12-13H,6-11H2,1-5H3,(H,18,19). The van der Waals surface area contributed by atoms with Crippen LogP contribution in [-0.4, -0.2) is 52.6 Å².